The molecular weight excluding hydrogens is 118 g/mol. The van der Waals surface area contributed by atoms with Crippen molar-refractivity contribution < 1.29 is 4.74 Å². The first-order valence-corrected chi connectivity index (χ1v) is 2.88. The van der Waals surface area contributed by atoms with Crippen LogP contribution in [0.1, 0.15) is 6.42 Å². The molecule has 0 saturated heterocycles. The summed E-state index contributed by atoms with van der Waals surface area (Å²) in [5.74, 6) is 0. The van der Waals surface area contributed by atoms with E-state index in [4.69, 9.17) is 4.74 Å². The summed E-state index contributed by atoms with van der Waals surface area (Å²) in [7, 11) is 1.69. The Morgan fingerprint density at radius 1 is 1.67 bits per heavy atom. The zero-order valence-electron chi connectivity index (χ0n) is 5.40. The highest BCUT2D eigenvalue weighted by Crippen LogP contribution is 1.95. The van der Waals surface area contributed by atoms with Gasteiger partial charge in [0.1, 0.15) is 0 Å². The van der Waals surface area contributed by atoms with E-state index in [9.17, 15) is 0 Å². The molecule has 0 amide bonds. The Balaban J connectivity index is 2.11. The van der Waals surface area contributed by atoms with E-state index in [2.05, 4.69) is 16.4 Å². The molecule has 0 fully saturated rings. The highest BCUT2D eigenvalue weighted by molar-refractivity contribution is 4.99. The molecule has 0 spiro atoms. The van der Waals surface area contributed by atoms with Crippen molar-refractivity contribution in [3.8, 4) is 0 Å². The second kappa shape index (κ2) is 3.32. The minimum atomic E-state index is 0.752. The lowest BCUT2D eigenvalue weighted by Gasteiger charge is -1.99. The number of ether oxygens (including phenoxy) is 1. The van der Waals surface area contributed by atoms with Crippen LogP contribution in [0.15, 0.2) is 11.9 Å². The number of methoxy groups -OCH3 is 1. The van der Waals surface area contributed by atoms with Crippen molar-refractivity contribution in [2.24, 2.45) is 0 Å². The third-order valence-electron chi connectivity index (χ3n) is 1.12. The minimum Gasteiger partial charge on any atom is -0.384 e. The number of rotatable bonds is 3. The summed E-state index contributed by atoms with van der Waals surface area (Å²) in [6, 6.07) is 0. The first-order chi connectivity index (χ1) is 4.43. The highest BCUT2D eigenvalue weighted by atomic mass is 16.5. The van der Waals surface area contributed by atoms with E-state index in [0.29, 0.717) is 0 Å². The summed E-state index contributed by atoms with van der Waals surface area (Å²) >= 11 is 0. The van der Waals surface area contributed by atoms with Crippen LogP contribution in [0.25, 0.3) is 0 Å². The fourth-order valence-corrected chi connectivity index (χ4v) is 0.622. The quantitative estimate of drug-likeness (QED) is 0.479. The van der Waals surface area contributed by atoms with Gasteiger partial charge in [0, 0.05) is 25.4 Å². The van der Waals surface area contributed by atoms with Crippen LogP contribution in [-0.2, 0) is 4.74 Å². The van der Waals surface area contributed by atoms with Gasteiger partial charge in [-0.25, -0.2) is 0 Å². The number of hydrogen-bond donors (Lipinski definition) is 3. The van der Waals surface area contributed by atoms with Gasteiger partial charge in [-0.1, -0.05) is 0 Å². The van der Waals surface area contributed by atoms with Crippen molar-refractivity contribution in [3.63, 3.8) is 0 Å². The maximum atomic E-state index is 4.87. The van der Waals surface area contributed by atoms with E-state index in [1.165, 1.54) is 0 Å². The second-order valence-corrected chi connectivity index (χ2v) is 1.81. The molecule has 1 rings (SSSR count). The molecule has 0 atom stereocenters. The van der Waals surface area contributed by atoms with Crippen molar-refractivity contribution in [3.05, 3.63) is 11.9 Å². The Bertz CT molecular complexity index is 113. The van der Waals surface area contributed by atoms with Crippen LogP contribution < -0.4 is 16.4 Å². The summed E-state index contributed by atoms with van der Waals surface area (Å²) in [6.07, 6.45) is 2.79. The summed E-state index contributed by atoms with van der Waals surface area (Å²) in [6.45, 7) is 0.752. The topological polar surface area (TPSA) is 45.3 Å². The smallest absolute Gasteiger partial charge is 0.0517 e. The fraction of sp³-hybridized carbons (Fsp3) is 0.600. The molecule has 1 aliphatic heterocycles. The molecule has 0 aromatic rings. The van der Waals surface area contributed by atoms with E-state index in [1.54, 1.807) is 7.11 Å². The molecule has 0 aromatic heterocycles. The summed E-state index contributed by atoms with van der Waals surface area (Å²) in [4.78, 5) is 0. The fourth-order valence-electron chi connectivity index (χ4n) is 0.622. The number of hydrogen-bond acceptors (Lipinski definition) is 4. The second-order valence-electron chi connectivity index (χ2n) is 1.81. The lowest BCUT2D eigenvalue weighted by molar-refractivity contribution is 0.200. The van der Waals surface area contributed by atoms with Gasteiger partial charge in [-0.05, 0) is 0 Å². The highest BCUT2D eigenvalue weighted by Gasteiger charge is 1.99. The number of hydrazine groups is 2. The van der Waals surface area contributed by atoms with Crippen LogP contribution in [0.4, 0.5) is 0 Å². The van der Waals surface area contributed by atoms with Crippen molar-refractivity contribution in [2.75, 3.05) is 13.7 Å². The van der Waals surface area contributed by atoms with Crippen LogP contribution >= 0.6 is 0 Å². The molecule has 0 radical (unpaired) electrons. The summed E-state index contributed by atoms with van der Waals surface area (Å²) in [5.41, 5.74) is 9.57. The third-order valence-corrected chi connectivity index (χ3v) is 1.12. The Hall–Kier alpha value is -0.740. The van der Waals surface area contributed by atoms with Crippen LogP contribution in [-0.4, -0.2) is 13.7 Å². The van der Waals surface area contributed by atoms with Crippen molar-refractivity contribution in [1.82, 2.24) is 16.4 Å². The van der Waals surface area contributed by atoms with Gasteiger partial charge >= 0.3 is 0 Å². The van der Waals surface area contributed by atoms with Crippen LogP contribution in [0.3, 0.4) is 0 Å². The number of nitrogens with one attached hydrogen (secondary N) is 3. The standard InChI is InChI=1S/C5H11N3O/c1-9-3-2-5-4-6-8-7-5/h4,6-8H,2-3H2,1H3. The molecular formula is C5H11N3O. The molecule has 9 heavy (non-hydrogen) atoms. The molecule has 4 nitrogen and oxygen atoms in total. The summed E-state index contributed by atoms with van der Waals surface area (Å²) in [5, 5.41) is 0. The van der Waals surface area contributed by atoms with Gasteiger partial charge in [-0.15, -0.1) is 0 Å². The minimum absolute atomic E-state index is 0.752. The van der Waals surface area contributed by atoms with Crippen molar-refractivity contribution >= 4 is 0 Å². The van der Waals surface area contributed by atoms with Crippen LogP contribution in [0.5, 0.6) is 0 Å². The molecule has 4 heteroatoms. The zero-order chi connectivity index (χ0) is 6.53. The first-order valence-electron chi connectivity index (χ1n) is 2.88. The van der Waals surface area contributed by atoms with Gasteiger partial charge in [-0.3, -0.25) is 0 Å². The average Bonchev–Trinajstić information content (AvgIpc) is 2.34. The Kier molecular flexibility index (Phi) is 2.35. The lowest BCUT2D eigenvalue weighted by atomic mass is 10.4. The molecule has 1 aliphatic rings. The third kappa shape index (κ3) is 1.91. The van der Waals surface area contributed by atoms with Crippen molar-refractivity contribution in [1.29, 1.82) is 0 Å². The normalized spacial score (nSPS) is 16.3. The largest absolute Gasteiger partial charge is 0.384 e. The predicted molar refractivity (Wildman–Crippen MR) is 34.0 cm³/mol. The maximum Gasteiger partial charge on any atom is 0.0517 e. The average molecular weight is 129 g/mol. The van der Waals surface area contributed by atoms with Gasteiger partial charge in [0.25, 0.3) is 0 Å². The molecule has 0 aliphatic carbocycles. The van der Waals surface area contributed by atoms with E-state index < -0.39 is 0 Å². The van der Waals surface area contributed by atoms with Gasteiger partial charge in [0.15, 0.2) is 0 Å². The van der Waals surface area contributed by atoms with Crippen LogP contribution in [0.2, 0.25) is 0 Å². The lowest BCUT2D eigenvalue weighted by Crippen LogP contribution is -2.31. The zero-order valence-corrected chi connectivity index (χ0v) is 5.40. The molecule has 3 N–H and O–H groups in total. The molecule has 0 unspecified atom stereocenters. The maximum absolute atomic E-state index is 4.87. The van der Waals surface area contributed by atoms with Crippen LogP contribution in [0, 0.1) is 0 Å². The van der Waals surface area contributed by atoms with Crippen molar-refractivity contribution in [2.45, 2.75) is 6.42 Å². The van der Waals surface area contributed by atoms with E-state index in [-0.39, 0.29) is 0 Å². The molecule has 0 aromatic carbocycles. The molecule has 0 bridgehead atoms. The Labute approximate surface area is 54.2 Å². The Morgan fingerprint density at radius 3 is 3.11 bits per heavy atom. The first kappa shape index (κ1) is 6.38. The van der Waals surface area contributed by atoms with E-state index in [1.807, 2.05) is 6.20 Å². The SMILES string of the molecule is COCCC1=CNNN1. The predicted octanol–water partition coefficient (Wildman–Crippen LogP) is -0.523. The summed E-state index contributed by atoms with van der Waals surface area (Å²) < 4.78 is 4.87. The van der Waals surface area contributed by atoms with Gasteiger partial charge in [-0.2, -0.15) is 5.53 Å². The molecule has 0 saturated carbocycles. The van der Waals surface area contributed by atoms with E-state index >= 15 is 0 Å². The van der Waals surface area contributed by atoms with Gasteiger partial charge in [0.05, 0.1) is 6.61 Å². The Morgan fingerprint density at radius 2 is 2.56 bits per heavy atom. The van der Waals surface area contributed by atoms with E-state index in [0.717, 1.165) is 18.7 Å². The monoisotopic (exact) mass is 129 g/mol. The van der Waals surface area contributed by atoms with Gasteiger partial charge in [0.2, 0.25) is 0 Å². The molecule has 1 heterocycles. The van der Waals surface area contributed by atoms with Gasteiger partial charge < -0.3 is 15.6 Å². The molecule has 52 valence electrons.